The van der Waals surface area contributed by atoms with Crippen LogP contribution in [0.15, 0.2) is 59.6 Å². The van der Waals surface area contributed by atoms with Gasteiger partial charge in [-0.05, 0) is 36.8 Å². The number of anilines is 2. The summed E-state index contributed by atoms with van der Waals surface area (Å²) in [6, 6.07) is 15.7. The fourth-order valence-corrected chi connectivity index (χ4v) is 2.89. The number of H-pyrrole nitrogens is 1. The summed E-state index contributed by atoms with van der Waals surface area (Å²) in [6.07, 6.45) is 0.479. The molecule has 0 saturated carbocycles. The van der Waals surface area contributed by atoms with Gasteiger partial charge in [0.05, 0.1) is 5.69 Å². The van der Waals surface area contributed by atoms with Crippen molar-refractivity contribution in [3.63, 3.8) is 0 Å². The van der Waals surface area contributed by atoms with Gasteiger partial charge in [0.15, 0.2) is 5.82 Å². The average molecular weight is 390 g/mol. The van der Waals surface area contributed by atoms with Gasteiger partial charge >= 0.3 is 0 Å². The lowest BCUT2D eigenvalue weighted by Gasteiger charge is -2.30. The number of rotatable bonds is 5. The molecule has 0 saturated heterocycles. The molecule has 0 radical (unpaired) electrons. The van der Waals surface area contributed by atoms with Crippen molar-refractivity contribution >= 4 is 29.0 Å². The van der Waals surface area contributed by atoms with E-state index < -0.39 is 11.9 Å². The second kappa shape index (κ2) is 7.89. The number of benzene rings is 2. The molecule has 146 valence electrons. The molecule has 10 heteroatoms. The minimum Gasteiger partial charge on any atom is -0.319 e. The predicted molar refractivity (Wildman–Crippen MR) is 106 cm³/mol. The SMILES string of the molecule is CC1N=C(C(=O)Nc2cccc(Cc3nn[nH]n3)c2)NN(c2ccccc2)C1=O. The number of tetrazole rings is 1. The maximum absolute atomic E-state index is 12.7. The van der Waals surface area contributed by atoms with Gasteiger partial charge in [0.25, 0.3) is 11.8 Å². The predicted octanol–water partition coefficient (Wildman–Crippen LogP) is 1.07. The molecule has 2 heterocycles. The molecule has 0 bridgehead atoms. The van der Waals surface area contributed by atoms with Crippen LogP contribution in [-0.2, 0) is 16.0 Å². The zero-order valence-electron chi connectivity index (χ0n) is 15.5. The molecule has 3 aromatic rings. The maximum atomic E-state index is 12.7. The van der Waals surface area contributed by atoms with E-state index in [4.69, 9.17) is 0 Å². The summed E-state index contributed by atoms with van der Waals surface area (Å²) in [4.78, 5) is 29.4. The second-order valence-corrected chi connectivity index (χ2v) is 6.43. The Morgan fingerprint density at radius 1 is 1.17 bits per heavy atom. The van der Waals surface area contributed by atoms with Crippen LogP contribution in [0.25, 0.3) is 0 Å². The molecule has 4 rings (SSSR count). The first-order valence-corrected chi connectivity index (χ1v) is 8.96. The molecule has 1 unspecified atom stereocenters. The molecule has 0 aliphatic carbocycles. The third kappa shape index (κ3) is 4.10. The minimum atomic E-state index is -0.679. The summed E-state index contributed by atoms with van der Waals surface area (Å²) in [5.74, 6) is -0.0704. The number of hydrogen-bond donors (Lipinski definition) is 3. The van der Waals surface area contributed by atoms with Gasteiger partial charge in [-0.15, -0.1) is 10.2 Å². The minimum absolute atomic E-state index is 0.0597. The quantitative estimate of drug-likeness (QED) is 0.598. The largest absolute Gasteiger partial charge is 0.319 e. The van der Waals surface area contributed by atoms with Crippen molar-refractivity contribution in [3.8, 4) is 0 Å². The van der Waals surface area contributed by atoms with E-state index >= 15 is 0 Å². The lowest BCUT2D eigenvalue weighted by atomic mass is 10.1. The van der Waals surface area contributed by atoms with Gasteiger partial charge < -0.3 is 5.32 Å². The van der Waals surface area contributed by atoms with Gasteiger partial charge in [-0.3, -0.25) is 15.0 Å². The highest BCUT2D eigenvalue weighted by Crippen LogP contribution is 2.17. The van der Waals surface area contributed by atoms with Crippen LogP contribution >= 0.6 is 0 Å². The van der Waals surface area contributed by atoms with Crippen LogP contribution < -0.4 is 15.8 Å². The molecule has 29 heavy (non-hydrogen) atoms. The summed E-state index contributed by atoms with van der Waals surface area (Å²) in [6.45, 7) is 1.65. The number of nitrogens with one attached hydrogen (secondary N) is 3. The summed E-state index contributed by atoms with van der Waals surface area (Å²) < 4.78 is 0. The van der Waals surface area contributed by atoms with Crippen LogP contribution in [0.1, 0.15) is 18.3 Å². The van der Waals surface area contributed by atoms with Crippen molar-refractivity contribution in [3.05, 3.63) is 66.0 Å². The van der Waals surface area contributed by atoms with Gasteiger partial charge in [0.1, 0.15) is 6.04 Å². The van der Waals surface area contributed by atoms with Crippen molar-refractivity contribution in [2.24, 2.45) is 4.99 Å². The second-order valence-electron chi connectivity index (χ2n) is 6.43. The molecule has 10 nitrogen and oxygen atoms in total. The fourth-order valence-electron chi connectivity index (χ4n) is 2.89. The number of carbonyl (C=O) groups is 2. The van der Waals surface area contributed by atoms with Crippen LogP contribution in [0.5, 0.6) is 0 Å². The average Bonchev–Trinajstić information content (AvgIpc) is 3.24. The monoisotopic (exact) mass is 390 g/mol. The van der Waals surface area contributed by atoms with Gasteiger partial charge in [-0.1, -0.05) is 35.5 Å². The van der Waals surface area contributed by atoms with Crippen molar-refractivity contribution in [1.82, 2.24) is 26.0 Å². The normalized spacial score (nSPS) is 16.2. The van der Waals surface area contributed by atoms with Crippen LogP contribution in [0, 0.1) is 0 Å². The number of nitrogens with zero attached hydrogens (tertiary/aromatic N) is 5. The van der Waals surface area contributed by atoms with E-state index in [0.717, 1.165) is 5.56 Å². The molecule has 2 amide bonds. The van der Waals surface area contributed by atoms with Gasteiger partial charge in [0.2, 0.25) is 5.84 Å². The molecule has 1 aliphatic heterocycles. The van der Waals surface area contributed by atoms with Crippen LogP contribution in [0.2, 0.25) is 0 Å². The van der Waals surface area contributed by atoms with E-state index in [1.54, 1.807) is 25.1 Å². The van der Waals surface area contributed by atoms with Crippen LogP contribution in [0.3, 0.4) is 0 Å². The Bertz CT molecular complexity index is 1050. The van der Waals surface area contributed by atoms with Crippen molar-refractivity contribution < 1.29 is 9.59 Å². The third-order valence-corrected chi connectivity index (χ3v) is 4.28. The number of aromatic nitrogens is 4. The highest BCUT2D eigenvalue weighted by molar-refractivity contribution is 6.43. The number of amidine groups is 1. The Kier molecular flexibility index (Phi) is 4.97. The van der Waals surface area contributed by atoms with Crippen molar-refractivity contribution in [1.29, 1.82) is 0 Å². The highest BCUT2D eigenvalue weighted by atomic mass is 16.2. The number of para-hydroxylation sites is 1. The van der Waals surface area contributed by atoms with E-state index in [-0.39, 0.29) is 11.7 Å². The third-order valence-electron chi connectivity index (χ3n) is 4.28. The Labute approximate surface area is 166 Å². The molecular weight excluding hydrogens is 372 g/mol. The summed E-state index contributed by atoms with van der Waals surface area (Å²) in [5, 5.41) is 17.9. The number of hydrogen-bond acceptors (Lipinski definition) is 7. The molecule has 0 spiro atoms. The summed E-state index contributed by atoms with van der Waals surface area (Å²) >= 11 is 0. The van der Waals surface area contributed by atoms with E-state index in [1.807, 2.05) is 36.4 Å². The lowest BCUT2D eigenvalue weighted by Crippen LogP contribution is -2.57. The van der Waals surface area contributed by atoms with E-state index in [2.05, 4.69) is 36.4 Å². The summed E-state index contributed by atoms with van der Waals surface area (Å²) in [5.41, 5.74) is 4.95. The molecular formula is C19H18N8O2. The first-order chi connectivity index (χ1) is 14.1. The molecule has 1 aromatic heterocycles. The van der Waals surface area contributed by atoms with Crippen LogP contribution in [0.4, 0.5) is 11.4 Å². The number of hydrazine groups is 1. The zero-order chi connectivity index (χ0) is 20.2. The topological polar surface area (TPSA) is 128 Å². The summed E-state index contributed by atoms with van der Waals surface area (Å²) in [7, 11) is 0. The van der Waals surface area contributed by atoms with Gasteiger partial charge in [-0.25, -0.2) is 10.0 Å². The first-order valence-electron chi connectivity index (χ1n) is 8.96. The Hall–Kier alpha value is -4.08. The van der Waals surface area contributed by atoms with E-state index in [9.17, 15) is 9.59 Å². The Balaban J connectivity index is 1.49. The number of aliphatic imine (C=N–C) groups is 1. The lowest BCUT2D eigenvalue weighted by molar-refractivity contribution is -0.120. The molecule has 1 atom stereocenters. The standard InChI is InChI=1S/C19H18N8O2/c1-12-19(29)27(15-8-3-2-4-9-15)24-17(20-12)18(28)21-14-7-5-6-13(10-14)11-16-22-25-26-23-16/h2-10,12H,11H2,1H3,(H,20,24)(H,21,28)(H,22,23,25,26). The highest BCUT2D eigenvalue weighted by Gasteiger charge is 2.30. The Morgan fingerprint density at radius 2 is 2.00 bits per heavy atom. The molecule has 2 aromatic carbocycles. The number of carbonyl (C=O) groups excluding carboxylic acids is 2. The number of amides is 2. The molecule has 0 fully saturated rings. The van der Waals surface area contributed by atoms with Crippen molar-refractivity contribution in [2.75, 3.05) is 10.3 Å². The zero-order valence-corrected chi connectivity index (χ0v) is 15.5. The molecule has 3 N–H and O–H groups in total. The smallest absolute Gasteiger partial charge is 0.292 e. The van der Waals surface area contributed by atoms with Crippen LogP contribution in [-0.4, -0.2) is 44.3 Å². The van der Waals surface area contributed by atoms with Crippen molar-refractivity contribution in [2.45, 2.75) is 19.4 Å². The van der Waals surface area contributed by atoms with Gasteiger partial charge in [-0.2, -0.15) is 5.21 Å². The fraction of sp³-hybridized carbons (Fsp3) is 0.158. The number of aromatic amines is 1. The molecule has 1 aliphatic rings. The Morgan fingerprint density at radius 3 is 2.76 bits per heavy atom. The first kappa shape index (κ1) is 18.3. The van der Waals surface area contributed by atoms with Gasteiger partial charge in [0, 0.05) is 12.1 Å². The van der Waals surface area contributed by atoms with E-state index in [0.29, 0.717) is 23.6 Å². The van der Waals surface area contributed by atoms with E-state index in [1.165, 1.54) is 5.01 Å². The maximum Gasteiger partial charge on any atom is 0.292 e.